The zero-order chi connectivity index (χ0) is 19.8. The number of carbonyl (C=O) groups is 2. The van der Waals surface area contributed by atoms with Crippen LogP contribution in [0.15, 0.2) is 44.8 Å². The Labute approximate surface area is 171 Å². The highest BCUT2D eigenvalue weighted by molar-refractivity contribution is 7.13. The molecule has 0 aromatic carbocycles. The van der Waals surface area contributed by atoms with E-state index < -0.39 is 0 Å². The first kappa shape index (κ1) is 18.1. The average Bonchev–Trinajstić information content (AvgIpc) is 3.51. The van der Waals surface area contributed by atoms with E-state index in [1.54, 1.807) is 23.3 Å². The highest BCUT2D eigenvalue weighted by Crippen LogP contribution is 2.36. The maximum absolute atomic E-state index is 13.3. The lowest BCUT2D eigenvalue weighted by molar-refractivity contribution is -0.141. The van der Waals surface area contributed by atoms with Crippen molar-refractivity contribution < 1.29 is 18.5 Å². The number of fused-ring (bicyclic) bond motifs is 1. The highest BCUT2D eigenvalue weighted by Gasteiger charge is 2.47. The molecule has 0 bridgehead atoms. The number of furan rings is 1. The number of imide groups is 1. The fourth-order valence-electron chi connectivity index (χ4n) is 4.22. The average molecular weight is 412 g/mol. The van der Waals surface area contributed by atoms with Gasteiger partial charge in [-0.2, -0.15) is 4.98 Å². The third-order valence-corrected chi connectivity index (χ3v) is 6.46. The van der Waals surface area contributed by atoms with Gasteiger partial charge in [-0.05, 0) is 36.4 Å². The van der Waals surface area contributed by atoms with E-state index in [2.05, 4.69) is 10.1 Å². The second-order valence-corrected chi connectivity index (χ2v) is 8.31. The van der Waals surface area contributed by atoms with Crippen molar-refractivity contribution in [2.24, 2.45) is 5.92 Å². The molecule has 29 heavy (non-hydrogen) atoms. The quantitative estimate of drug-likeness (QED) is 0.631. The summed E-state index contributed by atoms with van der Waals surface area (Å²) in [5.74, 6) is 1.16. The minimum absolute atomic E-state index is 0.114. The Morgan fingerprint density at radius 3 is 2.83 bits per heavy atom. The standard InChI is InChI=1S/C20H20N4O4S/c25-19-14-6-1-2-7-15(14)23(20(26)24(19)11-13-5-3-9-27-13)12-17-21-18(22-28-17)16-8-4-10-29-16/h3-5,8-10,14-15H,1-2,6-7,11-12H2. The van der Waals surface area contributed by atoms with Crippen molar-refractivity contribution in [1.82, 2.24) is 19.9 Å². The summed E-state index contributed by atoms with van der Waals surface area (Å²) in [5, 5.41) is 5.99. The molecule has 1 saturated carbocycles. The Morgan fingerprint density at radius 2 is 2.03 bits per heavy atom. The zero-order valence-electron chi connectivity index (χ0n) is 15.7. The smallest absolute Gasteiger partial charge is 0.327 e. The molecule has 9 heteroatoms. The lowest BCUT2D eigenvalue weighted by Crippen LogP contribution is -2.61. The van der Waals surface area contributed by atoms with Crippen LogP contribution in [-0.2, 0) is 17.9 Å². The molecule has 2 fully saturated rings. The van der Waals surface area contributed by atoms with Crippen molar-refractivity contribution in [2.45, 2.75) is 44.8 Å². The summed E-state index contributed by atoms with van der Waals surface area (Å²) in [7, 11) is 0. The van der Waals surface area contributed by atoms with Crippen LogP contribution < -0.4 is 0 Å². The van der Waals surface area contributed by atoms with Crippen LogP contribution >= 0.6 is 11.3 Å². The van der Waals surface area contributed by atoms with E-state index in [4.69, 9.17) is 8.94 Å². The van der Waals surface area contributed by atoms with Crippen LogP contribution in [0.25, 0.3) is 10.7 Å². The molecule has 0 N–H and O–H groups in total. The highest BCUT2D eigenvalue weighted by atomic mass is 32.1. The predicted octanol–water partition coefficient (Wildman–Crippen LogP) is 3.91. The van der Waals surface area contributed by atoms with E-state index in [9.17, 15) is 9.59 Å². The van der Waals surface area contributed by atoms with Gasteiger partial charge in [-0.3, -0.25) is 9.69 Å². The Kier molecular flexibility index (Phi) is 4.67. The number of carbonyl (C=O) groups excluding carboxylic acids is 2. The molecule has 1 aliphatic heterocycles. The molecule has 2 aliphatic rings. The van der Waals surface area contributed by atoms with Gasteiger partial charge in [0.05, 0.1) is 23.6 Å². The molecular weight excluding hydrogens is 392 g/mol. The number of rotatable bonds is 5. The van der Waals surface area contributed by atoms with Gasteiger partial charge in [0.25, 0.3) is 0 Å². The normalized spacial score (nSPS) is 22.2. The topological polar surface area (TPSA) is 92.7 Å². The van der Waals surface area contributed by atoms with Crippen LogP contribution in [-0.4, -0.2) is 37.9 Å². The maximum atomic E-state index is 13.3. The molecular formula is C20H20N4O4S. The van der Waals surface area contributed by atoms with E-state index in [1.165, 1.54) is 16.2 Å². The molecule has 5 rings (SSSR count). The number of hydrogen-bond donors (Lipinski definition) is 0. The first-order valence-corrected chi connectivity index (χ1v) is 10.6. The van der Waals surface area contributed by atoms with Crippen LogP contribution in [0.1, 0.15) is 37.3 Å². The minimum atomic E-state index is -0.328. The molecule has 3 aromatic rings. The molecule has 3 aromatic heterocycles. The third kappa shape index (κ3) is 3.35. The first-order valence-electron chi connectivity index (χ1n) is 9.71. The van der Waals surface area contributed by atoms with Gasteiger partial charge in [0, 0.05) is 6.04 Å². The summed E-state index contributed by atoms with van der Waals surface area (Å²) in [6.45, 7) is 0.328. The summed E-state index contributed by atoms with van der Waals surface area (Å²) in [6, 6.07) is 6.91. The largest absolute Gasteiger partial charge is 0.467 e. The number of amides is 3. The van der Waals surface area contributed by atoms with Crippen LogP contribution in [0.5, 0.6) is 0 Å². The summed E-state index contributed by atoms with van der Waals surface area (Å²) in [6.07, 6.45) is 5.13. The Morgan fingerprint density at radius 1 is 1.14 bits per heavy atom. The van der Waals surface area contributed by atoms with Gasteiger partial charge in [-0.1, -0.05) is 24.1 Å². The molecule has 2 unspecified atom stereocenters. The predicted molar refractivity (Wildman–Crippen MR) is 104 cm³/mol. The Balaban J connectivity index is 1.41. The van der Waals surface area contributed by atoms with Gasteiger partial charge in [0.1, 0.15) is 12.3 Å². The van der Waals surface area contributed by atoms with Crippen molar-refractivity contribution in [1.29, 1.82) is 0 Å². The third-order valence-electron chi connectivity index (χ3n) is 5.60. The molecule has 1 aliphatic carbocycles. The van der Waals surface area contributed by atoms with Crippen molar-refractivity contribution in [3.8, 4) is 10.7 Å². The van der Waals surface area contributed by atoms with Crippen molar-refractivity contribution in [3.05, 3.63) is 47.6 Å². The van der Waals surface area contributed by atoms with Gasteiger partial charge >= 0.3 is 6.03 Å². The summed E-state index contributed by atoms with van der Waals surface area (Å²) >= 11 is 1.53. The van der Waals surface area contributed by atoms with E-state index >= 15 is 0 Å². The maximum Gasteiger partial charge on any atom is 0.327 e. The van der Waals surface area contributed by atoms with Gasteiger partial charge in [-0.15, -0.1) is 11.3 Å². The molecule has 0 radical (unpaired) electrons. The number of urea groups is 1. The van der Waals surface area contributed by atoms with Crippen molar-refractivity contribution >= 4 is 23.3 Å². The van der Waals surface area contributed by atoms with Gasteiger partial charge in [0.15, 0.2) is 0 Å². The number of aromatic nitrogens is 2. The molecule has 4 heterocycles. The van der Waals surface area contributed by atoms with E-state index in [0.717, 1.165) is 30.6 Å². The number of hydrogen-bond acceptors (Lipinski definition) is 7. The van der Waals surface area contributed by atoms with Gasteiger partial charge < -0.3 is 13.8 Å². The summed E-state index contributed by atoms with van der Waals surface area (Å²) < 4.78 is 10.8. The van der Waals surface area contributed by atoms with Crippen LogP contribution in [0.3, 0.4) is 0 Å². The van der Waals surface area contributed by atoms with E-state index in [1.807, 2.05) is 17.5 Å². The van der Waals surface area contributed by atoms with Crippen molar-refractivity contribution in [2.75, 3.05) is 0 Å². The van der Waals surface area contributed by atoms with Gasteiger partial charge in [0.2, 0.25) is 17.6 Å². The Bertz CT molecular complexity index is 998. The SMILES string of the molecule is O=C1C2CCCCC2N(Cc2nc(-c3cccs3)no2)C(=O)N1Cc1ccco1. The second-order valence-electron chi connectivity index (χ2n) is 7.36. The van der Waals surface area contributed by atoms with Crippen LogP contribution in [0.2, 0.25) is 0 Å². The lowest BCUT2D eigenvalue weighted by atomic mass is 9.81. The molecule has 8 nitrogen and oxygen atoms in total. The number of thiophene rings is 1. The lowest BCUT2D eigenvalue weighted by Gasteiger charge is -2.46. The minimum Gasteiger partial charge on any atom is -0.467 e. The van der Waals surface area contributed by atoms with Crippen LogP contribution in [0.4, 0.5) is 4.79 Å². The van der Waals surface area contributed by atoms with Crippen molar-refractivity contribution in [3.63, 3.8) is 0 Å². The molecule has 2 atom stereocenters. The summed E-state index contributed by atoms with van der Waals surface area (Å²) in [5.41, 5.74) is 0. The van der Waals surface area contributed by atoms with Gasteiger partial charge in [-0.25, -0.2) is 4.79 Å². The fourth-order valence-corrected chi connectivity index (χ4v) is 4.87. The molecule has 1 saturated heterocycles. The van der Waals surface area contributed by atoms with Crippen LogP contribution in [0, 0.1) is 5.92 Å². The summed E-state index contributed by atoms with van der Waals surface area (Å²) in [4.78, 5) is 34.7. The molecule has 3 amide bonds. The fraction of sp³-hybridized carbons (Fsp3) is 0.400. The second kappa shape index (κ2) is 7.47. The first-order chi connectivity index (χ1) is 14.2. The zero-order valence-corrected chi connectivity index (χ0v) is 16.5. The monoisotopic (exact) mass is 412 g/mol. The number of nitrogens with zero attached hydrogens (tertiary/aromatic N) is 4. The van der Waals surface area contributed by atoms with E-state index in [0.29, 0.717) is 17.5 Å². The Hall–Kier alpha value is -2.94. The molecule has 150 valence electrons. The molecule has 0 spiro atoms. The van der Waals surface area contributed by atoms with E-state index in [-0.39, 0.29) is 37.0 Å².